The van der Waals surface area contributed by atoms with Crippen LogP contribution < -0.4 is 15.4 Å². The number of rotatable bonds is 9. The number of hydrogen-bond acceptors (Lipinski definition) is 5. The number of carbonyl (C=O) groups excluding carboxylic acids is 2. The number of carbonyl (C=O) groups is 2. The number of piperidine rings is 1. The van der Waals surface area contributed by atoms with Gasteiger partial charge < -0.3 is 15.4 Å². The summed E-state index contributed by atoms with van der Waals surface area (Å²) in [5, 5.41) is 5.84. The van der Waals surface area contributed by atoms with Gasteiger partial charge in [0.05, 0.1) is 12.0 Å². The number of benzene rings is 3. The van der Waals surface area contributed by atoms with Gasteiger partial charge in [0.15, 0.2) is 0 Å². The third kappa shape index (κ3) is 6.55. The average Bonchev–Trinajstić information content (AvgIpc) is 2.95. The molecule has 0 aliphatic carbocycles. The third-order valence-corrected chi connectivity index (χ3v) is 8.49. The molecule has 0 radical (unpaired) electrons. The number of ether oxygens (including phenoxy) is 1. The highest BCUT2D eigenvalue weighted by Crippen LogP contribution is 2.27. The Morgan fingerprint density at radius 1 is 0.919 bits per heavy atom. The second-order valence-electron chi connectivity index (χ2n) is 8.94. The van der Waals surface area contributed by atoms with E-state index in [1.54, 1.807) is 36.4 Å². The molecule has 0 unspecified atom stereocenters. The molecule has 1 atom stereocenters. The minimum absolute atomic E-state index is 0.196. The van der Waals surface area contributed by atoms with Gasteiger partial charge in [-0.2, -0.15) is 4.31 Å². The Balaban J connectivity index is 1.46. The number of amides is 2. The molecule has 0 saturated carbocycles. The molecule has 0 bridgehead atoms. The fourth-order valence-corrected chi connectivity index (χ4v) is 5.92. The summed E-state index contributed by atoms with van der Waals surface area (Å²) in [6, 6.07) is 23.8. The highest BCUT2D eigenvalue weighted by molar-refractivity contribution is 7.89. The van der Waals surface area contributed by atoms with Gasteiger partial charge in [-0.05, 0) is 60.7 Å². The molecule has 1 aliphatic rings. The zero-order chi connectivity index (χ0) is 26.3. The summed E-state index contributed by atoms with van der Waals surface area (Å²) in [6.45, 7) is 0.841. The van der Waals surface area contributed by atoms with Crippen molar-refractivity contribution in [3.8, 4) is 5.75 Å². The highest BCUT2D eigenvalue weighted by atomic mass is 32.2. The molecule has 1 saturated heterocycles. The van der Waals surface area contributed by atoms with Crippen LogP contribution in [-0.4, -0.2) is 50.8 Å². The minimum atomic E-state index is -3.68. The Morgan fingerprint density at radius 3 is 2.11 bits per heavy atom. The number of nitrogens with zero attached hydrogens (tertiary/aromatic N) is 1. The van der Waals surface area contributed by atoms with Crippen molar-refractivity contribution in [3.05, 3.63) is 96.1 Å². The molecule has 37 heavy (non-hydrogen) atoms. The Labute approximate surface area is 217 Å². The van der Waals surface area contributed by atoms with Crippen molar-refractivity contribution in [2.75, 3.05) is 20.2 Å². The van der Waals surface area contributed by atoms with Gasteiger partial charge in [0.25, 0.3) is 5.91 Å². The van der Waals surface area contributed by atoms with Crippen LogP contribution in [0.1, 0.15) is 28.8 Å². The summed E-state index contributed by atoms with van der Waals surface area (Å²) < 4.78 is 32.9. The van der Waals surface area contributed by atoms with Gasteiger partial charge in [0.2, 0.25) is 15.9 Å². The molecule has 9 heteroatoms. The van der Waals surface area contributed by atoms with Crippen molar-refractivity contribution in [1.82, 2.24) is 14.9 Å². The molecular formula is C28H31N3O5S. The van der Waals surface area contributed by atoms with Gasteiger partial charge >= 0.3 is 0 Å². The lowest BCUT2D eigenvalue weighted by Gasteiger charge is -2.35. The van der Waals surface area contributed by atoms with Gasteiger partial charge in [-0.25, -0.2) is 8.42 Å². The zero-order valence-corrected chi connectivity index (χ0v) is 21.5. The Hall–Kier alpha value is -3.69. The minimum Gasteiger partial charge on any atom is -0.497 e. The second kappa shape index (κ2) is 12.0. The van der Waals surface area contributed by atoms with Crippen molar-refractivity contribution < 1.29 is 22.7 Å². The van der Waals surface area contributed by atoms with Crippen molar-refractivity contribution in [2.45, 2.75) is 30.3 Å². The molecule has 0 aromatic heterocycles. The lowest BCUT2D eigenvalue weighted by atomic mass is 9.89. The normalized spacial score (nSPS) is 15.5. The second-order valence-corrected chi connectivity index (χ2v) is 10.9. The summed E-state index contributed by atoms with van der Waals surface area (Å²) >= 11 is 0. The van der Waals surface area contributed by atoms with Crippen LogP contribution in [0.15, 0.2) is 89.8 Å². The van der Waals surface area contributed by atoms with Crippen LogP contribution in [0.25, 0.3) is 0 Å². The first-order valence-electron chi connectivity index (χ1n) is 12.2. The van der Waals surface area contributed by atoms with Crippen LogP contribution in [0.4, 0.5) is 0 Å². The fourth-order valence-electron chi connectivity index (χ4n) is 4.45. The molecule has 194 valence electrons. The number of sulfonamides is 1. The standard InChI is InChI=1S/C28H31N3O5S/c1-36-24-12-14-25(15-13-24)37(34,35)31-18-16-22(17-19-31)26(30-27(32)23-10-6-3-7-11-23)28(33)29-20-21-8-4-2-5-9-21/h2-15,22,26H,16-20H2,1H3,(H,29,33)(H,30,32)/t26-/m0/s1. The van der Waals surface area contributed by atoms with E-state index in [0.717, 1.165) is 5.56 Å². The van der Waals surface area contributed by atoms with E-state index in [-0.39, 0.29) is 35.7 Å². The third-order valence-electron chi connectivity index (χ3n) is 6.58. The smallest absolute Gasteiger partial charge is 0.251 e. The quantitative estimate of drug-likeness (QED) is 0.450. The van der Waals surface area contributed by atoms with E-state index in [1.807, 2.05) is 36.4 Å². The van der Waals surface area contributed by atoms with Gasteiger partial charge in [0.1, 0.15) is 11.8 Å². The first-order valence-corrected chi connectivity index (χ1v) is 13.6. The van der Waals surface area contributed by atoms with Crippen molar-refractivity contribution in [3.63, 3.8) is 0 Å². The molecule has 0 spiro atoms. The van der Waals surface area contributed by atoms with E-state index < -0.39 is 16.1 Å². The Kier molecular flexibility index (Phi) is 8.58. The number of methoxy groups -OCH3 is 1. The monoisotopic (exact) mass is 521 g/mol. The summed E-state index contributed by atoms with van der Waals surface area (Å²) in [7, 11) is -2.15. The SMILES string of the molecule is COc1ccc(S(=O)(=O)N2CCC([C@H](NC(=O)c3ccccc3)C(=O)NCc3ccccc3)CC2)cc1. The maximum atomic E-state index is 13.3. The van der Waals surface area contributed by atoms with E-state index >= 15 is 0 Å². The maximum absolute atomic E-state index is 13.3. The molecule has 1 aliphatic heterocycles. The lowest BCUT2D eigenvalue weighted by Crippen LogP contribution is -2.53. The van der Waals surface area contributed by atoms with E-state index in [2.05, 4.69) is 10.6 Å². The fraction of sp³-hybridized carbons (Fsp3) is 0.286. The van der Waals surface area contributed by atoms with Crippen LogP contribution in [0.2, 0.25) is 0 Å². The topological polar surface area (TPSA) is 105 Å². The first kappa shape index (κ1) is 26.4. The summed E-state index contributed by atoms with van der Waals surface area (Å²) in [6.07, 6.45) is 0.877. The lowest BCUT2D eigenvalue weighted by molar-refractivity contribution is -0.124. The molecule has 3 aromatic carbocycles. The van der Waals surface area contributed by atoms with Crippen LogP contribution in [0.5, 0.6) is 5.75 Å². The molecular weight excluding hydrogens is 490 g/mol. The zero-order valence-electron chi connectivity index (χ0n) is 20.7. The van der Waals surface area contributed by atoms with Gasteiger partial charge in [0, 0.05) is 25.2 Å². The van der Waals surface area contributed by atoms with Gasteiger partial charge in [-0.15, -0.1) is 0 Å². The van der Waals surface area contributed by atoms with Gasteiger partial charge in [-0.1, -0.05) is 48.5 Å². The van der Waals surface area contributed by atoms with E-state index in [4.69, 9.17) is 4.74 Å². The Morgan fingerprint density at radius 2 is 1.51 bits per heavy atom. The largest absolute Gasteiger partial charge is 0.497 e. The first-order chi connectivity index (χ1) is 17.9. The molecule has 2 N–H and O–H groups in total. The van der Waals surface area contributed by atoms with Crippen molar-refractivity contribution >= 4 is 21.8 Å². The molecule has 1 fully saturated rings. The number of hydrogen-bond donors (Lipinski definition) is 2. The molecule has 3 aromatic rings. The van der Waals surface area contributed by atoms with Crippen LogP contribution in [0, 0.1) is 5.92 Å². The predicted octanol–water partition coefficient (Wildman–Crippen LogP) is 3.21. The van der Waals surface area contributed by atoms with Crippen LogP contribution >= 0.6 is 0 Å². The van der Waals surface area contributed by atoms with Gasteiger partial charge in [-0.3, -0.25) is 9.59 Å². The summed E-state index contributed by atoms with van der Waals surface area (Å²) in [5.74, 6) is -0.264. The molecule has 8 nitrogen and oxygen atoms in total. The molecule has 4 rings (SSSR count). The highest BCUT2D eigenvalue weighted by Gasteiger charge is 2.36. The van der Waals surface area contributed by atoms with E-state index in [9.17, 15) is 18.0 Å². The van der Waals surface area contributed by atoms with E-state index in [1.165, 1.54) is 23.5 Å². The molecule has 2 amide bonds. The van der Waals surface area contributed by atoms with E-state index in [0.29, 0.717) is 30.7 Å². The maximum Gasteiger partial charge on any atom is 0.251 e. The summed E-state index contributed by atoms with van der Waals surface area (Å²) in [4.78, 5) is 26.4. The van der Waals surface area contributed by atoms with Crippen molar-refractivity contribution in [2.24, 2.45) is 5.92 Å². The average molecular weight is 522 g/mol. The number of nitrogens with one attached hydrogen (secondary N) is 2. The van der Waals surface area contributed by atoms with Crippen LogP contribution in [-0.2, 0) is 21.4 Å². The Bertz CT molecular complexity index is 1290. The summed E-state index contributed by atoms with van der Waals surface area (Å²) in [5.41, 5.74) is 1.41. The predicted molar refractivity (Wildman–Crippen MR) is 140 cm³/mol. The molecule has 1 heterocycles. The van der Waals surface area contributed by atoms with Crippen LogP contribution in [0.3, 0.4) is 0 Å². The van der Waals surface area contributed by atoms with Crippen molar-refractivity contribution in [1.29, 1.82) is 0 Å².